The summed E-state index contributed by atoms with van der Waals surface area (Å²) in [7, 11) is 0. The van der Waals surface area contributed by atoms with Gasteiger partial charge in [-0.05, 0) is 38.8 Å². The monoisotopic (exact) mass is 304 g/mol. The van der Waals surface area contributed by atoms with E-state index >= 15 is 0 Å². The Morgan fingerprint density at radius 3 is 2.77 bits per heavy atom. The zero-order valence-corrected chi connectivity index (χ0v) is 13.0. The zero-order valence-electron chi connectivity index (χ0n) is 13.0. The standard InChI is InChI=1S/C16H20N2O4/c1-16(2,3)22-15(20)18-10-14(11-18)21-8-4-5-12-6-7-13(19)9-17-12/h6-7,9,14,19H,8,10-11H2,1-3H3. The van der Waals surface area contributed by atoms with Crippen LogP contribution in [-0.2, 0) is 9.47 Å². The number of pyridine rings is 1. The van der Waals surface area contributed by atoms with Gasteiger partial charge in [-0.3, -0.25) is 0 Å². The number of rotatable bonds is 2. The van der Waals surface area contributed by atoms with Crippen molar-refractivity contribution in [2.75, 3.05) is 19.7 Å². The molecule has 6 nitrogen and oxygen atoms in total. The molecule has 2 rings (SSSR count). The lowest BCUT2D eigenvalue weighted by Gasteiger charge is -2.39. The molecule has 118 valence electrons. The van der Waals surface area contributed by atoms with E-state index in [4.69, 9.17) is 14.6 Å². The third-order valence-electron chi connectivity index (χ3n) is 2.86. The van der Waals surface area contributed by atoms with Crippen LogP contribution in [-0.4, -0.2) is 52.5 Å². The SMILES string of the molecule is CC(C)(C)OC(=O)N1CC(OCC#Cc2ccc(O)cn2)C1. The summed E-state index contributed by atoms with van der Waals surface area (Å²) in [5.74, 6) is 5.80. The molecule has 0 saturated carbocycles. The number of amides is 1. The van der Waals surface area contributed by atoms with Gasteiger partial charge in [0.15, 0.2) is 0 Å². The van der Waals surface area contributed by atoms with E-state index in [1.54, 1.807) is 11.0 Å². The summed E-state index contributed by atoms with van der Waals surface area (Å²) in [5, 5.41) is 9.10. The minimum absolute atomic E-state index is 0.00500. The van der Waals surface area contributed by atoms with E-state index in [1.807, 2.05) is 20.8 Å². The number of hydrogen-bond acceptors (Lipinski definition) is 5. The lowest BCUT2D eigenvalue weighted by Crippen LogP contribution is -2.55. The molecular weight excluding hydrogens is 284 g/mol. The first-order valence-electron chi connectivity index (χ1n) is 7.07. The number of aromatic nitrogens is 1. The van der Waals surface area contributed by atoms with Crippen LogP contribution >= 0.6 is 0 Å². The Hall–Kier alpha value is -2.26. The van der Waals surface area contributed by atoms with E-state index in [1.165, 1.54) is 12.3 Å². The molecular formula is C16H20N2O4. The lowest BCUT2D eigenvalue weighted by molar-refractivity contribution is -0.0545. The Balaban J connectivity index is 1.67. The van der Waals surface area contributed by atoms with Gasteiger partial charge in [-0.2, -0.15) is 0 Å². The first-order valence-corrected chi connectivity index (χ1v) is 7.07. The fraction of sp³-hybridized carbons (Fsp3) is 0.500. The molecule has 6 heteroatoms. The second-order valence-corrected chi connectivity index (χ2v) is 6.02. The molecule has 1 aromatic heterocycles. The largest absolute Gasteiger partial charge is 0.506 e. The van der Waals surface area contributed by atoms with E-state index in [2.05, 4.69) is 16.8 Å². The molecule has 2 heterocycles. The molecule has 0 aromatic carbocycles. The third-order valence-corrected chi connectivity index (χ3v) is 2.86. The Bertz CT molecular complexity index is 575. The molecule has 22 heavy (non-hydrogen) atoms. The minimum Gasteiger partial charge on any atom is -0.506 e. The van der Waals surface area contributed by atoms with Crippen molar-refractivity contribution >= 4 is 6.09 Å². The van der Waals surface area contributed by atoms with Crippen molar-refractivity contribution in [1.82, 2.24) is 9.88 Å². The first kappa shape index (κ1) is 16.1. The van der Waals surface area contributed by atoms with Crippen molar-refractivity contribution in [3.05, 3.63) is 24.0 Å². The molecule has 0 bridgehead atoms. The van der Waals surface area contributed by atoms with E-state index < -0.39 is 5.60 Å². The first-order chi connectivity index (χ1) is 10.3. The van der Waals surface area contributed by atoms with Crippen molar-refractivity contribution in [3.63, 3.8) is 0 Å². The molecule has 1 saturated heterocycles. The number of likely N-dealkylation sites (tertiary alicyclic amines) is 1. The van der Waals surface area contributed by atoms with Gasteiger partial charge in [-0.25, -0.2) is 9.78 Å². The maximum absolute atomic E-state index is 11.7. The van der Waals surface area contributed by atoms with E-state index in [9.17, 15) is 4.79 Å². The van der Waals surface area contributed by atoms with Crippen molar-refractivity contribution in [2.24, 2.45) is 0 Å². The molecule has 0 atom stereocenters. The van der Waals surface area contributed by atoms with Crippen LogP contribution in [0.25, 0.3) is 0 Å². The van der Waals surface area contributed by atoms with Crippen LogP contribution in [0.3, 0.4) is 0 Å². The van der Waals surface area contributed by atoms with Crippen LogP contribution < -0.4 is 0 Å². The maximum atomic E-state index is 11.7. The van der Waals surface area contributed by atoms with Crippen LogP contribution in [0.4, 0.5) is 4.79 Å². The highest BCUT2D eigenvalue weighted by atomic mass is 16.6. The number of aromatic hydroxyl groups is 1. The van der Waals surface area contributed by atoms with Gasteiger partial charge in [-0.1, -0.05) is 5.92 Å². The molecule has 1 fully saturated rings. The van der Waals surface area contributed by atoms with Crippen molar-refractivity contribution in [2.45, 2.75) is 32.5 Å². The second kappa shape index (κ2) is 6.67. The molecule has 1 N–H and O–H groups in total. The predicted octanol–water partition coefficient (Wildman–Crippen LogP) is 1.77. The van der Waals surface area contributed by atoms with Gasteiger partial charge in [0.2, 0.25) is 0 Å². The van der Waals surface area contributed by atoms with Crippen LogP contribution in [0, 0.1) is 11.8 Å². The Morgan fingerprint density at radius 1 is 1.45 bits per heavy atom. The van der Waals surface area contributed by atoms with Gasteiger partial charge in [-0.15, -0.1) is 0 Å². The van der Waals surface area contributed by atoms with E-state index in [0.29, 0.717) is 18.8 Å². The van der Waals surface area contributed by atoms with Crippen molar-refractivity contribution < 1.29 is 19.4 Å². The molecule has 1 aromatic rings. The number of carbonyl (C=O) groups excluding carboxylic acids is 1. The minimum atomic E-state index is -0.481. The zero-order chi connectivity index (χ0) is 16.2. The number of ether oxygens (including phenoxy) is 2. The highest BCUT2D eigenvalue weighted by Gasteiger charge is 2.34. The summed E-state index contributed by atoms with van der Waals surface area (Å²) in [6.07, 6.45) is 1.02. The molecule has 0 spiro atoms. The fourth-order valence-corrected chi connectivity index (χ4v) is 1.77. The van der Waals surface area contributed by atoms with Gasteiger partial charge >= 0.3 is 6.09 Å². The Kier molecular flexibility index (Phi) is 4.88. The molecule has 0 unspecified atom stereocenters. The van der Waals surface area contributed by atoms with Gasteiger partial charge < -0.3 is 19.5 Å². The maximum Gasteiger partial charge on any atom is 0.410 e. The molecule has 1 amide bonds. The van der Waals surface area contributed by atoms with Crippen LogP contribution in [0.5, 0.6) is 5.75 Å². The normalized spacial score (nSPS) is 14.8. The lowest BCUT2D eigenvalue weighted by atomic mass is 10.2. The molecule has 0 radical (unpaired) electrons. The summed E-state index contributed by atoms with van der Waals surface area (Å²) < 4.78 is 10.8. The average molecular weight is 304 g/mol. The average Bonchev–Trinajstić information content (AvgIpc) is 2.36. The van der Waals surface area contributed by atoms with Crippen LogP contribution in [0.2, 0.25) is 0 Å². The van der Waals surface area contributed by atoms with E-state index in [-0.39, 0.29) is 24.6 Å². The van der Waals surface area contributed by atoms with Crippen LogP contribution in [0.1, 0.15) is 26.5 Å². The molecule has 1 aliphatic rings. The Labute approximate surface area is 130 Å². The fourth-order valence-electron chi connectivity index (χ4n) is 1.77. The van der Waals surface area contributed by atoms with E-state index in [0.717, 1.165) is 0 Å². The number of nitrogens with zero attached hydrogens (tertiary/aromatic N) is 2. The van der Waals surface area contributed by atoms with Crippen molar-refractivity contribution in [3.8, 4) is 17.6 Å². The second-order valence-electron chi connectivity index (χ2n) is 6.02. The van der Waals surface area contributed by atoms with Crippen molar-refractivity contribution in [1.29, 1.82) is 0 Å². The van der Waals surface area contributed by atoms with Gasteiger partial charge in [0.25, 0.3) is 0 Å². The number of hydrogen-bond donors (Lipinski definition) is 1. The predicted molar refractivity (Wildman–Crippen MR) is 80.3 cm³/mol. The van der Waals surface area contributed by atoms with Crippen LogP contribution in [0.15, 0.2) is 18.3 Å². The Morgan fingerprint density at radius 2 is 2.18 bits per heavy atom. The summed E-state index contributed by atoms with van der Waals surface area (Å²) >= 11 is 0. The third kappa shape index (κ3) is 4.93. The summed E-state index contributed by atoms with van der Waals surface area (Å²) in [6, 6.07) is 3.17. The van der Waals surface area contributed by atoms with Gasteiger partial charge in [0, 0.05) is 0 Å². The quantitative estimate of drug-likeness (QED) is 0.843. The molecule has 0 aliphatic carbocycles. The topological polar surface area (TPSA) is 71.9 Å². The summed E-state index contributed by atoms with van der Waals surface area (Å²) in [5.41, 5.74) is 0.0939. The highest BCUT2D eigenvalue weighted by molar-refractivity contribution is 5.69. The number of carbonyl (C=O) groups is 1. The smallest absolute Gasteiger partial charge is 0.410 e. The summed E-state index contributed by atoms with van der Waals surface area (Å²) in [4.78, 5) is 17.3. The molecule has 1 aliphatic heterocycles. The summed E-state index contributed by atoms with van der Waals surface area (Å²) in [6.45, 7) is 6.83. The highest BCUT2D eigenvalue weighted by Crippen LogP contribution is 2.16. The van der Waals surface area contributed by atoms with Gasteiger partial charge in [0.1, 0.15) is 23.7 Å². The van der Waals surface area contributed by atoms with Gasteiger partial charge in [0.05, 0.1) is 25.4 Å².